The highest BCUT2D eigenvalue weighted by molar-refractivity contribution is 6.09. The summed E-state index contributed by atoms with van der Waals surface area (Å²) in [4.78, 5) is 15.1. The summed E-state index contributed by atoms with van der Waals surface area (Å²) in [5, 5.41) is 7.82. The van der Waals surface area contributed by atoms with Crippen LogP contribution in [0.25, 0.3) is 22.2 Å². The van der Waals surface area contributed by atoms with Crippen molar-refractivity contribution in [3.63, 3.8) is 0 Å². The first kappa shape index (κ1) is 16.6. The van der Waals surface area contributed by atoms with Gasteiger partial charge >= 0.3 is 0 Å². The topological polar surface area (TPSA) is 82.9 Å². The summed E-state index contributed by atoms with van der Waals surface area (Å²) in [6.07, 6.45) is 2.22. The van der Waals surface area contributed by atoms with E-state index in [-0.39, 0.29) is 5.82 Å². The lowest BCUT2D eigenvalue weighted by atomic mass is 10.0. The van der Waals surface area contributed by atoms with E-state index in [0.717, 1.165) is 48.3 Å². The Hall–Kier alpha value is -2.86. The van der Waals surface area contributed by atoms with Gasteiger partial charge in [0.1, 0.15) is 5.82 Å². The summed E-state index contributed by atoms with van der Waals surface area (Å²) in [6, 6.07) is 12.3. The molecule has 1 amide bonds. The minimum atomic E-state index is -0.492. The number of hydrogen-bond donors (Lipinski definition) is 4. The number of piperidine rings is 1. The molecule has 2 aromatic carbocycles. The summed E-state index contributed by atoms with van der Waals surface area (Å²) in [6.45, 7) is 1.95. The third kappa shape index (κ3) is 3.15. The second-order valence-corrected chi connectivity index (χ2v) is 6.69. The van der Waals surface area contributed by atoms with Crippen molar-refractivity contribution in [1.29, 1.82) is 0 Å². The fourth-order valence-corrected chi connectivity index (χ4v) is 3.56. The van der Waals surface area contributed by atoms with Crippen molar-refractivity contribution in [2.75, 3.05) is 18.4 Å². The van der Waals surface area contributed by atoms with Crippen molar-refractivity contribution in [1.82, 2.24) is 10.3 Å². The van der Waals surface area contributed by atoms with E-state index < -0.39 is 5.91 Å². The summed E-state index contributed by atoms with van der Waals surface area (Å²) in [7, 11) is 0. The van der Waals surface area contributed by atoms with Gasteiger partial charge in [-0.3, -0.25) is 4.79 Å². The van der Waals surface area contributed by atoms with Crippen LogP contribution in [0.2, 0.25) is 0 Å². The van der Waals surface area contributed by atoms with Gasteiger partial charge < -0.3 is 21.4 Å². The van der Waals surface area contributed by atoms with Crippen molar-refractivity contribution in [2.45, 2.75) is 18.9 Å². The molecule has 1 aliphatic heterocycles. The monoisotopic (exact) mass is 352 g/mol. The van der Waals surface area contributed by atoms with Gasteiger partial charge in [-0.15, -0.1) is 0 Å². The average molecular weight is 352 g/mol. The third-order valence-corrected chi connectivity index (χ3v) is 4.85. The number of benzene rings is 2. The average Bonchev–Trinajstić information content (AvgIpc) is 3.08. The second kappa shape index (κ2) is 6.80. The molecule has 5 nitrogen and oxygen atoms in total. The number of rotatable bonds is 4. The Labute approximate surface area is 150 Å². The molecule has 1 atom stereocenters. The van der Waals surface area contributed by atoms with E-state index in [1.54, 1.807) is 12.1 Å². The molecule has 1 saturated heterocycles. The van der Waals surface area contributed by atoms with Crippen molar-refractivity contribution < 1.29 is 9.18 Å². The molecule has 3 aromatic rings. The van der Waals surface area contributed by atoms with Gasteiger partial charge in [-0.1, -0.05) is 12.1 Å². The van der Waals surface area contributed by atoms with Crippen LogP contribution in [0, 0.1) is 5.82 Å². The molecule has 0 radical (unpaired) electrons. The zero-order chi connectivity index (χ0) is 18.1. The van der Waals surface area contributed by atoms with Gasteiger partial charge in [0, 0.05) is 34.9 Å². The molecule has 6 heteroatoms. The lowest BCUT2D eigenvalue weighted by Gasteiger charge is -2.25. The summed E-state index contributed by atoms with van der Waals surface area (Å²) in [5.41, 5.74) is 9.05. The van der Waals surface area contributed by atoms with E-state index in [9.17, 15) is 9.18 Å². The molecule has 26 heavy (non-hydrogen) atoms. The fourth-order valence-electron chi connectivity index (χ4n) is 3.56. The molecule has 0 bridgehead atoms. The number of carbonyl (C=O) groups is 1. The zero-order valence-electron chi connectivity index (χ0n) is 14.3. The smallest absolute Gasteiger partial charge is 0.250 e. The van der Waals surface area contributed by atoms with E-state index in [2.05, 4.69) is 15.6 Å². The van der Waals surface area contributed by atoms with Gasteiger partial charge in [-0.05, 0) is 49.7 Å². The molecule has 134 valence electrons. The van der Waals surface area contributed by atoms with Crippen LogP contribution < -0.4 is 16.4 Å². The second-order valence-electron chi connectivity index (χ2n) is 6.69. The largest absolute Gasteiger partial charge is 0.380 e. The molecule has 1 fully saturated rings. The highest BCUT2D eigenvalue weighted by atomic mass is 19.1. The van der Waals surface area contributed by atoms with Gasteiger partial charge in [0.15, 0.2) is 0 Å². The maximum absolute atomic E-state index is 13.6. The Morgan fingerprint density at radius 3 is 2.85 bits per heavy atom. The van der Waals surface area contributed by atoms with Gasteiger partial charge in [-0.25, -0.2) is 4.39 Å². The molecular formula is C20H21FN4O. The quantitative estimate of drug-likeness (QED) is 0.582. The maximum Gasteiger partial charge on any atom is 0.250 e. The number of aromatic nitrogens is 1. The highest BCUT2D eigenvalue weighted by Gasteiger charge is 2.18. The molecule has 0 aliphatic carbocycles. The molecule has 2 heterocycles. The fraction of sp³-hybridized carbons (Fsp3) is 0.250. The first-order valence-electron chi connectivity index (χ1n) is 8.80. The maximum atomic E-state index is 13.6. The van der Waals surface area contributed by atoms with Gasteiger partial charge in [-0.2, -0.15) is 0 Å². The van der Waals surface area contributed by atoms with E-state index in [1.165, 1.54) is 12.1 Å². The first-order chi connectivity index (χ1) is 12.6. The predicted molar refractivity (Wildman–Crippen MR) is 102 cm³/mol. The van der Waals surface area contributed by atoms with E-state index in [1.807, 2.05) is 18.2 Å². The molecule has 1 aliphatic rings. The van der Waals surface area contributed by atoms with Crippen molar-refractivity contribution >= 4 is 22.5 Å². The Bertz CT molecular complexity index is 960. The minimum Gasteiger partial charge on any atom is -0.380 e. The summed E-state index contributed by atoms with van der Waals surface area (Å²) in [5.74, 6) is -0.795. The highest BCUT2D eigenvalue weighted by Crippen LogP contribution is 2.32. The number of H-pyrrole nitrogens is 1. The number of anilines is 1. The van der Waals surface area contributed by atoms with Crippen LogP contribution in [0.5, 0.6) is 0 Å². The van der Waals surface area contributed by atoms with Crippen LogP contribution in [0.1, 0.15) is 23.2 Å². The van der Waals surface area contributed by atoms with Crippen molar-refractivity contribution in [2.24, 2.45) is 5.73 Å². The Balaban J connectivity index is 1.80. The van der Waals surface area contributed by atoms with E-state index in [4.69, 9.17) is 5.73 Å². The van der Waals surface area contributed by atoms with Crippen molar-refractivity contribution in [3.05, 3.63) is 53.8 Å². The lowest BCUT2D eigenvalue weighted by Crippen LogP contribution is -2.38. The van der Waals surface area contributed by atoms with Crippen molar-refractivity contribution in [3.8, 4) is 11.3 Å². The van der Waals surface area contributed by atoms with Crippen LogP contribution in [0.3, 0.4) is 0 Å². The Kier molecular flexibility index (Phi) is 4.34. The number of nitrogens with one attached hydrogen (secondary N) is 3. The molecule has 0 saturated carbocycles. The molecule has 1 unspecified atom stereocenters. The number of aromatic amines is 1. The van der Waals surface area contributed by atoms with Gasteiger partial charge in [0.05, 0.1) is 11.1 Å². The number of halogens is 1. The summed E-state index contributed by atoms with van der Waals surface area (Å²) < 4.78 is 13.6. The number of hydrogen-bond acceptors (Lipinski definition) is 3. The molecule has 5 N–H and O–H groups in total. The lowest BCUT2D eigenvalue weighted by molar-refractivity contribution is 0.100. The molecule has 0 spiro atoms. The van der Waals surface area contributed by atoms with Crippen LogP contribution in [-0.4, -0.2) is 30.0 Å². The van der Waals surface area contributed by atoms with Gasteiger partial charge in [0.25, 0.3) is 5.91 Å². The molecular weight excluding hydrogens is 331 g/mol. The van der Waals surface area contributed by atoms with Crippen LogP contribution in [0.15, 0.2) is 42.5 Å². The zero-order valence-corrected chi connectivity index (χ0v) is 14.3. The Morgan fingerprint density at radius 2 is 2.12 bits per heavy atom. The van der Waals surface area contributed by atoms with E-state index >= 15 is 0 Å². The van der Waals surface area contributed by atoms with Crippen LogP contribution >= 0.6 is 0 Å². The number of amides is 1. The van der Waals surface area contributed by atoms with Gasteiger partial charge in [0.2, 0.25) is 0 Å². The third-order valence-electron chi connectivity index (χ3n) is 4.85. The normalized spacial score (nSPS) is 17.3. The SMILES string of the molecule is NC(=O)c1ccc(NC2CCCNC2)c2cc(-c3cccc(F)c3)[nH]c12. The standard InChI is InChI=1S/C20H21FN4O/c21-13-4-1-3-12(9-13)18-10-16-17(24-14-5-2-8-23-11-14)7-6-15(20(22)26)19(16)25-18/h1,3-4,6-7,9-10,14,23-25H,2,5,8,11H2,(H2,22,26). The van der Waals surface area contributed by atoms with Crippen LogP contribution in [0.4, 0.5) is 10.1 Å². The molecule has 4 rings (SSSR count). The van der Waals surface area contributed by atoms with E-state index in [0.29, 0.717) is 17.1 Å². The number of fused-ring (bicyclic) bond motifs is 1. The number of nitrogens with two attached hydrogens (primary N) is 1. The minimum absolute atomic E-state index is 0.303. The van der Waals surface area contributed by atoms with Crippen LogP contribution in [-0.2, 0) is 0 Å². The number of carbonyl (C=O) groups excluding carboxylic acids is 1. The number of primary amides is 1. The summed E-state index contributed by atoms with van der Waals surface area (Å²) >= 11 is 0. The Morgan fingerprint density at radius 1 is 1.23 bits per heavy atom. The molecule has 1 aromatic heterocycles. The first-order valence-corrected chi connectivity index (χ1v) is 8.80. The predicted octanol–water partition coefficient (Wildman–Crippen LogP) is 3.24.